The Bertz CT molecular complexity index is 188. The Morgan fingerprint density at radius 2 is 1.92 bits per heavy atom. The van der Waals surface area contributed by atoms with E-state index in [-0.39, 0.29) is 5.78 Å². The van der Waals surface area contributed by atoms with Gasteiger partial charge < -0.3 is 4.74 Å². The van der Waals surface area contributed by atoms with Gasteiger partial charge in [-0.25, -0.2) is 0 Å². The Kier molecular flexibility index (Phi) is 4.16. The molecule has 0 aromatic heterocycles. The van der Waals surface area contributed by atoms with Gasteiger partial charge in [-0.3, -0.25) is 4.79 Å². The summed E-state index contributed by atoms with van der Waals surface area (Å²) >= 11 is 0. The van der Waals surface area contributed by atoms with Crippen molar-refractivity contribution < 1.29 is 9.53 Å². The van der Waals surface area contributed by atoms with Crippen LogP contribution >= 0.6 is 0 Å². The van der Waals surface area contributed by atoms with Gasteiger partial charge in [0.25, 0.3) is 0 Å². The molecule has 74 valence electrons. The highest BCUT2D eigenvalue weighted by Gasteiger charge is 2.18. The lowest BCUT2D eigenvalue weighted by Crippen LogP contribution is -2.19. The first-order valence-corrected chi connectivity index (χ1v) is 4.94. The summed E-state index contributed by atoms with van der Waals surface area (Å²) in [7, 11) is 1.77. The van der Waals surface area contributed by atoms with Crippen molar-refractivity contribution in [2.24, 2.45) is 5.92 Å². The van der Waals surface area contributed by atoms with Gasteiger partial charge in [0, 0.05) is 7.11 Å². The maximum atomic E-state index is 10.7. The molecule has 0 bridgehead atoms. The molecule has 0 radical (unpaired) electrons. The largest absolute Gasteiger partial charge is 0.381 e. The van der Waals surface area contributed by atoms with Crippen LogP contribution < -0.4 is 0 Å². The van der Waals surface area contributed by atoms with Crippen LogP contribution in [0.15, 0.2) is 12.2 Å². The van der Waals surface area contributed by atoms with Crippen LogP contribution in [0.4, 0.5) is 0 Å². The summed E-state index contributed by atoms with van der Waals surface area (Å²) in [5.74, 6) is 0.740. The quantitative estimate of drug-likeness (QED) is 0.626. The van der Waals surface area contributed by atoms with Gasteiger partial charge in [0.1, 0.15) is 0 Å². The molecule has 13 heavy (non-hydrogen) atoms. The average molecular weight is 182 g/mol. The molecule has 1 fully saturated rings. The Labute approximate surface area is 80.0 Å². The second-order valence-electron chi connectivity index (χ2n) is 3.74. The predicted molar refractivity (Wildman–Crippen MR) is 52.6 cm³/mol. The molecule has 0 aromatic rings. The van der Waals surface area contributed by atoms with Gasteiger partial charge in [-0.05, 0) is 44.6 Å². The number of rotatable bonds is 3. The highest BCUT2D eigenvalue weighted by atomic mass is 16.5. The van der Waals surface area contributed by atoms with Gasteiger partial charge in [0.15, 0.2) is 5.78 Å². The van der Waals surface area contributed by atoms with Crippen molar-refractivity contribution in [2.75, 3.05) is 7.11 Å². The fourth-order valence-electron chi connectivity index (χ4n) is 1.79. The molecule has 1 aliphatic carbocycles. The van der Waals surface area contributed by atoms with Crippen LogP contribution in [0.2, 0.25) is 0 Å². The van der Waals surface area contributed by atoms with Crippen molar-refractivity contribution in [2.45, 2.75) is 38.7 Å². The standard InChI is InChI=1S/C11H18O2/c1-9(12)3-4-10-5-7-11(13-2)8-6-10/h3-4,10-11H,5-8H2,1-2H3. The number of carbonyl (C=O) groups is 1. The van der Waals surface area contributed by atoms with Gasteiger partial charge in [-0.2, -0.15) is 0 Å². The first-order valence-electron chi connectivity index (χ1n) is 4.94. The molecule has 0 amide bonds. The monoisotopic (exact) mass is 182 g/mol. The number of hydrogen-bond acceptors (Lipinski definition) is 2. The highest BCUT2D eigenvalue weighted by molar-refractivity contribution is 5.87. The number of ketones is 1. The molecule has 2 nitrogen and oxygen atoms in total. The second kappa shape index (κ2) is 5.18. The number of ether oxygens (including phenoxy) is 1. The first kappa shape index (κ1) is 10.5. The smallest absolute Gasteiger partial charge is 0.152 e. The summed E-state index contributed by atoms with van der Waals surface area (Å²) in [6.45, 7) is 1.59. The van der Waals surface area contributed by atoms with Crippen LogP contribution in [0.25, 0.3) is 0 Å². The summed E-state index contributed by atoms with van der Waals surface area (Å²) in [5.41, 5.74) is 0. The Morgan fingerprint density at radius 3 is 2.38 bits per heavy atom. The molecule has 1 saturated carbocycles. The fraction of sp³-hybridized carbons (Fsp3) is 0.727. The van der Waals surface area contributed by atoms with Crippen LogP contribution in [0.5, 0.6) is 0 Å². The minimum Gasteiger partial charge on any atom is -0.381 e. The third kappa shape index (κ3) is 3.73. The lowest BCUT2D eigenvalue weighted by atomic mass is 9.87. The summed E-state index contributed by atoms with van der Waals surface area (Å²) in [6, 6.07) is 0. The van der Waals surface area contributed by atoms with Crippen LogP contribution in [-0.2, 0) is 9.53 Å². The van der Waals surface area contributed by atoms with E-state index >= 15 is 0 Å². The van der Waals surface area contributed by atoms with Crippen molar-refractivity contribution >= 4 is 5.78 Å². The molecule has 0 aromatic carbocycles. The molecule has 1 aliphatic rings. The van der Waals surface area contributed by atoms with Crippen molar-refractivity contribution in [3.05, 3.63) is 12.2 Å². The molecule has 0 spiro atoms. The maximum Gasteiger partial charge on any atom is 0.152 e. The molecule has 0 saturated heterocycles. The third-order valence-corrected chi connectivity index (χ3v) is 2.66. The number of carbonyl (C=O) groups excluding carboxylic acids is 1. The zero-order valence-corrected chi connectivity index (χ0v) is 8.45. The molecule has 2 heteroatoms. The Hall–Kier alpha value is -0.630. The normalized spacial score (nSPS) is 29.4. The fourth-order valence-corrected chi connectivity index (χ4v) is 1.79. The number of methoxy groups -OCH3 is 1. The topological polar surface area (TPSA) is 26.3 Å². The average Bonchev–Trinajstić information content (AvgIpc) is 2.15. The van der Waals surface area contributed by atoms with E-state index in [9.17, 15) is 4.79 Å². The molecular weight excluding hydrogens is 164 g/mol. The Morgan fingerprint density at radius 1 is 1.31 bits per heavy atom. The van der Waals surface area contributed by atoms with Crippen molar-refractivity contribution in [3.63, 3.8) is 0 Å². The third-order valence-electron chi connectivity index (χ3n) is 2.66. The predicted octanol–water partition coefficient (Wildman–Crippen LogP) is 2.34. The minimum absolute atomic E-state index is 0.147. The van der Waals surface area contributed by atoms with Crippen LogP contribution in [0.3, 0.4) is 0 Å². The van der Waals surface area contributed by atoms with E-state index < -0.39 is 0 Å². The van der Waals surface area contributed by atoms with E-state index in [0.29, 0.717) is 12.0 Å². The van der Waals surface area contributed by atoms with Crippen molar-refractivity contribution in [1.82, 2.24) is 0 Å². The lowest BCUT2D eigenvalue weighted by Gasteiger charge is -2.25. The molecular formula is C11H18O2. The van der Waals surface area contributed by atoms with Gasteiger partial charge in [0.05, 0.1) is 6.10 Å². The van der Waals surface area contributed by atoms with Crippen LogP contribution in [0.1, 0.15) is 32.6 Å². The molecule has 0 atom stereocenters. The van der Waals surface area contributed by atoms with Crippen molar-refractivity contribution in [1.29, 1.82) is 0 Å². The van der Waals surface area contributed by atoms with Crippen molar-refractivity contribution in [3.8, 4) is 0 Å². The van der Waals surface area contributed by atoms with Crippen LogP contribution in [-0.4, -0.2) is 19.0 Å². The molecule has 0 heterocycles. The van der Waals surface area contributed by atoms with Gasteiger partial charge in [-0.15, -0.1) is 0 Å². The molecule has 0 aliphatic heterocycles. The van der Waals surface area contributed by atoms with Gasteiger partial charge in [0.2, 0.25) is 0 Å². The van der Waals surface area contributed by atoms with E-state index in [2.05, 4.69) is 0 Å². The molecule has 0 N–H and O–H groups in total. The summed E-state index contributed by atoms with van der Waals surface area (Å²) in [4.78, 5) is 10.7. The highest BCUT2D eigenvalue weighted by Crippen LogP contribution is 2.26. The molecule has 1 rings (SSSR count). The van der Waals surface area contributed by atoms with E-state index in [1.165, 1.54) is 0 Å². The summed E-state index contributed by atoms with van der Waals surface area (Å²) in [5, 5.41) is 0. The Balaban J connectivity index is 2.28. The van der Waals surface area contributed by atoms with Crippen LogP contribution in [0, 0.1) is 5.92 Å². The SMILES string of the molecule is COC1CCC(C=CC(C)=O)CC1. The van der Waals surface area contributed by atoms with E-state index in [1.54, 1.807) is 20.1 Å². The number of hydrogen-bond donors (Lipinski definition) is 0. The summed E-state index contributed by atoms with van der Waals surface area (Å²) < 4.78 is 5.27. The summed E-state index contributed by atoms with van der Waals surface area (Å²) in [6.07, 6.45) is 8.76. The first-order chi connectivity index (χ1) is 6.22. The number of allylic oxidation sites excluding steroid dienone is 2. The van der Waals surface area contributed by atoms with Gasteiger partial charge in [-0.1, -0.05) is 6.08 Å². The zero-order chi connectivity index (χ0) is 9.68. The van der Waals surface area contributed by atoms with Gasteiger partial charge >= 0.3 is 0 Å². The minimum atomic E-state index is 0.147. The van der Waals surface area contributed by atoms with E-state index in [1.807, 2.05) is 6.08 Å². The lowest BCUT2D eigenvalue weighted by molar-refractivity contribution is -0.112. The van der Waals surface area contributed by atoms with E-state index in [4.69, 9.17) is 4.74 Å². The second-order valence-corrected chi connectivity index (χ2v) is 3.74. The molecule has 0 unspecified atom stereocenters. The maximum absolute atomic E-state index is 10.7. The zero-order valence-electron chi connectivity index (χ0n) is 8.45. The van der Waals surface area contributed by atoms with E-state index in [0.717, 1.165) is 25.7 Å².